The molecule has 1 saturated heterocycles. The minimum absolute atomic E-state index is 0.0885. The molecule has 0 aromatic rings. The molecule has 1 atom stereocenters. The molecule has 1 unspecified atom stereocenters. The van der Waals surface area contributed by atoms with Crippen molar-refractivity contribution >= 4 is 0 Å². The molecule has 1 heterocycles. The number of nitrogens with two attached hydrogens (primary N) is 2. The lowest BCUT2D eigenvalue weighted by atomic mass is 9.62. The van der Waals surface area contributed by atoms with E-state index in [0.717, 1.165) is 32.3 Å². The average Bonchev–Trinajstić information content (AvgIpc) is 3.59. The molecule has 4 saturated carbocycles. The second-order valence-electron chi connectivity index (χ2n) is 19.6. The molecule has 5 aliphatic rings. The van der Waals surface area contributed by atoms with Gasteiger partial charge < -0.3 is 26.4 Å². The van der Waals surface area contributed by atoms with Gasteiger partial charge in [-0.2, -0.15) is 0 Å². The summed E-state index contributed by atoms with van der Waals surface area (Å²) in [5.74, 6) is 0. The van der Waals surface area contributed by atoms with E-state index in [0.29, 0.717) is 22.3 Å². The molecule has 0 bridgehead atoms. The summed E-state index contributed by atoms with van der Waals surface area (Å²) in [7, 11) is 0. The fourth-order valence-electron chi connectivity index (χ4n) is 5.24. The Labute approximate surface area is 262 Å². The van der Waals surface area contributed by atoms with Crippen LogP contribution >= 0.6 is 0 Å². The third-order valence-electron chi connectivity index (χ3n) is 11.4. The summed E-state index contributed by atoms with van der Waals surface area (Å²) in [4.78, 5) is 0. The highest BCUT2D eigenvalue weighted by atomic mass is 16.5. The van der Waals surface area contributed by atoms with E-state index in [4.69, 9.17) is 16.2 Å². The van der Waals surface area contributed by atoms with Crippen molar-refractivity contribution in [2.75, 3.05) is 6.61 Å². The van der Waals surface area contributed by atoms with E-state index in [1.54, 1.807) is 0 Å². The summed E-state index contributed by atoms with van der Waals surface area (Å²) in [6.45, 7) is 33.5. The van der Waals surface area contributed by atoms with E-state index in [1.807, 2.05) is 0 Å². The molecule has 0 radical (unpaired) electrons. The molecular weight excluding hydrogens is 520 g/mol. The van der Waals surface area contributed by atoms with Crippen molar-refractivity contribution in [2.45, 2.75) is 203 Å². The van der Waals surface area contributed by atoms with Gasteiger partial charge in [0.25, 0.3) is 0 Å². The van der Waals surface area contributed by atoms with E-state index < -0.39 is 0 Å². The zero-order valence-corrected chi connectivity index (χ0v) is 31.0. The number of rotatable bonds is 0. The van der Waals surface area contributed by atoms with Gasteiger partial charge in [0.2, 0.25) is 0 Å². The van der Waals surface area contributed by atoms with Gasteiger partial charge in [-0.25, -0.2) is 0 Å². The van der Waals surface area contributed by atoms with Crippen LogP contribution < -0.4 is 11.5 Å². The monoisotopic (exact) mass is 597 g/mol. The van der Waals surface area contributed by atoms with Gasteiger partial charge in [0.1, 0.15) is 0 Å². The van der Waals surface area contributed by atoms with Crippen LogP contribution in [-0.2, 0) is 4.74 Å². The lowest BCUT2D eigenvalue weighted by Gasteiger charge is -2.48. The lowest BCUT2D eigenvalue weighted by Crippen LogP contribution is -2.56. The molecule has 0 aromatic carbocycles. The van der Waals surface area contributed by atoms with Crippen LogP contribution in [0.25, 0.3) is 0 Å². The van der Waals surface area contributed by atoms with Gasteiger partial charge >= 0.3 is 0 Å². The van der Waals surface area contributed by atoms with Crippen LogP contribution in [0, 0.1) is 27.1 Å². The standard InChI is InChI=1S/C8H17N.C8H16O.C7H15N.2C7H14O/c2*1-7(2,3)8(9)5-4-6-8;1-6(2,3)7(8)4-5-7;1-7(2,3)6-4-5-8-6;1-6(2,3)7(8)4-5-7/h4-6,9H2,1-3H3;9H,4-6H2,1-3H3;4-5,8H2,1-3H3;6H,4-5H2,1-3H3;8H,4-5H2,1-3H3. The summed E-state index contributed by atoms with van der Waals surface area (Å²) in [5, 5.41) is 19.2. The third-order valence-corrected chi connectivity index (χ3v) is 11.4. The van der Waals surface area contributed by atoms with Gasteiger partial charge in [0.15, 0.2) is 0 Å². The van der Waals surface area contributed by atoms with Crippen LogP contribution in [0.2, 0.25) is 0 Å². The number of aliphatic hydroxyl groups is 2. The van der Waals surface area contributed by atoms with E-state index in [9.17, 15) is 10.2 Å². The maximum Gasteiger partial charge on any atom is 0.0697 e. The van der Waals surface area contributed by atoms with Crippen LogP contribution in [0.15, 0.2) is 0 Å². The maximum absolute atomic E-state index is 9.75. The molecule has 1 aliphatic heterocycles. The minimum atomic E-state index is -0.340. The predicted octanol–water partition coefficient (Wildman–Crippen LogP) is 8.76. The van der Waals surface area contributed by atoms with E-state index in [1.165, 1.54) is 44.9 Å². The highest BCUT2D eigenvalue weighted by Gasteiger charge is 2.50. The Hall–Kier alpha value is -0.200. The summed E-state index contributed by atoms with van der Waals surface area (Å²) in [5.41, 5.74) is 12.9. The van der Waals surface area contributed by atoms with Crippen LogP contribution in [-0.4, -0.2) is 45.2 Å². The zero-order valence-electron chi connectivity index (χ0n) is 31.0. The second-order valence-corrected chi connectivity index (χ2v) is 19.6. The maximum atomic E-state index is 9.75. The second kappa shape index (κ2) is 13.3. The fourth-order valence-corrected chi connectivity index (χ4v) is 5.24. The third kappa shape index (κ3) is 11.0. The first kappa shape index (κ1) is 39.8. The van der Waals surface area contributed by atoms with Crippen molar-refractivity contribution in [1.29, 1.82) is 0 Å². The average molecular weight is 597 g/mol. The molecule has 0 aromatic heterocycles. The summed E-state index contributed by atoms with van der Waals surface area (Å²) < 4.78 is 5.30. The molecule has 0 spiro atoms. The van der Waals surface area contributed by atoms with Crippen molar-refractivity contribution in [3.05, 3.63) is 0 Å². The van der Waals surface area contributed by atoms with Crippen molar-refractivity contribution in [2.24, 2.45) is 38.5 Å². The first-order valence-electron chi connectivity index (χ1n) is 17.1. The number of ether oxygens (including phenoxy) is 1. The van der Waals surface area contributed by atoms with E-state index in [2.05, 4.69) is 104 Å². The van der Waals surface area contributed by atoms with Crippen molar-refractivity contribution < 1.29 is 14.9 Å². The topological polar surface area (TPSA) is 102 Å². The molecule has 5 heteroatoms. The predicted molar refractivity (Wildman–Crippen MR) is 182 cm³/mol. The molecular formula is C37H76N2O3. The molecule has 5 rings (SSSR count). The van der Waals surface area contributed by atoms with Crippen molar-refractivity contribution in [3.8, 4) is 0 Å². The summed E-state index contributed by atoms with van der Waals surface area (Å²) >= 11 is 0. The molecule has 5 nitrogen and oxygen atoms in total. The van der Waals surface area contributed by atoms with Crippen LogP contribution in [0.5, 0.6) is 0 Å². The Morgan fingerprint density at radius 3 is 0.810 bits per heavy atom. The SMILES string of the molecule is CC(C)(C)C1(N)CC1.CC(C)(C)C1(N)CCC1.CC(C)(C)C1(O)CC1.CC(C)(C)C1(O)CCC1.CC(C)(C)C1CCO1. The lowest BCUT2D eigenvalue weighted by molar-refractivity contribution is -0.117. The van der Waals surface area contributed by atoms with Crippen LogP contribution in [0.4, 0.5) is 0 Å². The first-order valence-corrected chi connectivity index (χ1v) is 17.1. The Balaban J connectivity index is 0.000000263. The van der Waals surface area contributed by atoms with E-state index in [-0.39, 0.29) is 33.1 Å². The number of hydrogen-bond donors (Lipinski definition) is 4. The normalized spacial score (nSPS) is 26.2. The largest absolute Gasteiger partial charge is 0.389 e. The summed E-state index contributed by atoms with van der Waals surface area (Å²) in [6.07, 6.45) is 13.2. The Kier molecular flexibility index (Phi) is 12.6. The molecule has 0 amide bonds. The Morgan fingerprint density at radius 1 is 0.500 bits per heavy atom. The van der Waals surface area contributed by atoms with Crippen molar-refractivity contribution in [1.82, 2.24) is 0 Å². The van der Waals surface area contributed by atoms with Gasteiger partial charge in [0, 0.05) is 17.7 Å². The highest BCUT2D eigenvalue weighted by Crippen LogP contribution is 2.49. The quantitative estimate of drug-likeness (QED) is 0.224. The zero-order chi connectivity index (χ0) is 33.3. The molecule has 252 valence electrons. The van der Waals surface area contributed by atoms with Crippen molar-refractivity contribution in [3.63, 3.8) is 0 Å². The Bertz CT molecular complexity index is 745. The van der Waals surface area contributed by atoms with Crippen LogP contribution in [0.3, 0.4) is 0 Å². The van der Waals surface area contributed by atoms with Gasteiger partial charge in [-0.15, -0.1) is 0 Å². The van der Waals surface area contributed by atoms with Crippen LogP contribution in [0.1, 0.15) is 174 Å². The Morgan fingerprint density at radius 2 is 0.810 bits per heavy atom. The first-order chi connectivity index (χ1) is 18.4. The van der Waals surface area contributed by atoms with E-state index >= 15 is 0 Å². The minimum Gasteiger partial charge on any atom is -0.389 e. The molecule has 42 heavy (non-hydrogen) atoms. The smallest absolute Gasteiger partial charge is 0.0697 e. The molecule has 4 aliphatic carbocycles. The number of hydrogen-bond acceptors (Lipinski definition) is 5. The van der Waals surface area contributed by atoms with Gasteiger partial charge in [-0.05, 0) is 97.7 Å². The highest BCUT2D eigenvalue weighted by molar-refractivity contribution is 5.07. The van der Waals surface area contributed by atoms with Gasteiger partial charge in [-0.1, -0.05) is 104 Å². The fraction of sp³-hybridized carbons (Fsp3) is 1.00. The molecule has 5 fully saturated rings. The summed E-state index contributed by atoms with van der Waals surface area (Å²) in [6, 6.07) is 0. The van der Waals surface area contributed by atoms with Gasteiger partial charge in [-0.3, -0.25) is 0 Å². The van der Waals surface area contributed by atoms with Gasteiger partial charge in [0.05, 0.1) is 17.3 Å². The molecule has 6 N–H and O–H groups in total.